The maximum absolute atomic E-state index is 2.57. The molecular formula is C31H52. The van der Waals surface area contributed by atoms with E-state index >= 15 is 0 Å². The standard InChI is InChI=1S/C31H52/c1-4-6-7-8-9-10-11-13-27-16-20-29(21-17-27)31-23-22-30(24-25(31)3)28-18-14-26(12-5-2)15-19-28/h22-24,26-29H,4-21H2,1-3H3/t26-,27-,28-,29-. The fourth-order valence-electron chi connectivity index (χ4n) is 6.76. The van der Waals surface area contributed by atoms with Crippen molar-refractivity contribution in [1.29, 1.82) is 0 Å². The van der Waals surface area contributed by atoms with E-state index in [1.807, 2.05) is 0 Å². The van der Waals surface area contributed by atoms with Crippen molar-refractivity contribution in [3.63, 3.8) is 0 Å². The first-order chi connectivity index (χ1) is 15.2. The molecule has 0 radical (unpaired) electrons. The Labute approximate surface area is 195 Å². The molecule has 0 atom stereocenters. The molecule has 2 aliphatic rings. The predicted octanol–water partition coefficient (Wildman–Crippen LogP) is 10.5. The van der Waals surface area contributed by atoms with Crippen LogP contribution >= 0.6 is 0 Å². The molecule has 1 aromatic rings. The summed E-state index contributed by atoms with van der Waals surface area (Å²) in [5.74, 6) is 3.70. The van der Waals surface area contributed by atoms with Gasteiger partial charge in [0.2, 0.25) is 0 Å². The van der Waals surface area contributed by atoms with E-state index in [0.29, 0.717) is 0 Å². The van der Waals surface area contributed by atoms with Gasteiger partial charge in [0.1, 0.15) is 0 Å². The summed E-state index contributed by atoms with van der Waals surface area (Å²) < 4.78 is 0. The van der Waals surface area contributed by atoms with E-state index in [1.54, 1.807) is 16.7 Å². The largest absolute Gasteiger partial charge is 0.0654 e. The Kier molecular flexibility index (Phi) is 11.0. The van der Waals surface area contributed by atoms with E-state index in [-0.39, 0.29) is 0 Å². The lowest BCUT2D eigenvalue weighted by Gasteiger charge is -2.31. The van der Waals surface area contributed by atoms with E-state index < -0.39 is 0 Å². The summed E-state index contributed by atoms with van der Waals surface area (Å²) in [5.41, 5.74) is 4.91. The van der Waals surface area contributed by atoms with Crippen molar-refractivity contribution in [1.82, 2.24) is 0 Å². The quantitative estimate of drug-likeness (QED) is 0.293. The van der Waals surface area contributed by atoms with Crippen molar-refractivity contribution in [3.05, 3.63) is 34.9 Å². The molecule has 0 saturated heterocycles. The summed E-state index contributed by atoms with van der Waals surface area (Å²) in [6.07, 6.45) is 26.1. The number of rotatable bonds is 12. The van der Waals surface area contributed by atoms with E-state index in [2.05, 4.69) is 39.0 Å². The first-order valence-electron chi connectivity index (χ1n) is 14.3. The smallest absolute Gasteiger partial charge is 0.0159 e. The van der Waals surface area contributed by atoms with Crippen LogP contribution in [0.15, 0.2) is 18.2 Å². The monoisotopic (exact) mass is 424 g/mol. The summed E-state index contributed by atoms with van der Waals surface area (Å²) in [7, 11) is 0. The number of unbranched alkanes of at least 4 members (excludes halogenated alkanes) is 6. The lowest BCUT2D eigenvalue weighted by atomic mass is 9.74. The summed E-state index contributed by atoms with van der Waals surface area (Å²) in [6.45, 7) is 7.05. The Morgan fingerprint density at radius 2 is 1.19 bits per heavy atom. The highest BCUT2D eigenvalue weighted by Crippen LogP contribution is 2.41. The van der Waals surface area contributed by atoms with Crippen LogP contribution in [0.1, 0.15) is 158 Å². The first-order valence-corrected chi connectivity index (χ1v) is 14.3. The van der Waals surface area contributed by atoms with Crippen molar-refractivity contribution in [2.45, 2.75) is 148 Å². The van der Waals surface area contributed by atoms with Gasteiger partial charge in [-0.3, -0.25) is 0 Å². The second-order valence-electron chi connectivity index (χ2n) is 11.2. The Hall–Kier alpha value is -0.780. The third-order valence-electron chi connectivity index (χ3n) is 8.81. The van der Waals surface area contributed by atoms with Crippen LogP contribution in [0.2, 0.25) is 0 Å². The van der Waals surface area contributed by atoms with Crippen molar-refractivity contribution in [2.24, 2.45) is 11.8 Å². The van der Waals surface area contributed by atoms with Gasteiger partial charge < -0.3 is 0 Å². The molecule has 0 aliphatic heterocycles. The Bertz CT molecular complexity index is 598. The van der Waals surface area contributed by atoms with E-state index in [1.165, 1.54) is 116 Å². The minimum atomic E-state index is 0.832. The molecule has 0 N–H and O–H groups in total. The minimum absolute atomic E-state index is 0.832. The molecule has 0 unspecified atom stereocenters. The van der Waals surface area contributed by atoms with Gasteiger partial charge >= 0.3 is 0 Å². The van der Waals surface area contributed by atoms with Crippen LogP contribution in [0, 0.1) is 18.8 Å². The summed E-state index contributed by atoms with van der Waals surface area (Å²) in [4.78, 5) is 0. The molecule has 0 aromatic heterocycles. The Morgan fingerprint density at radius 3 is 1.81 bits per heavy atom. The van der Waals surface area contributed by atoms with Gasteiger partial charge in [-0.05, 0) is 98.7 Å². The maximum Gasteiger partial charge on any atom is -0.0159 e. The number of hydrogen-bond acceptors (Lipinski definition) is 0. The third-order valence-corrected chi connectivity index (χ3v) is 8.81. The van der Waals surface area contributed by atoms with Crippen LogP contribution in [0.3, 0.4) is 0 Å². The lowest BCUT2D eigenvalue weighted by molar-refractivity contribution is 0.301. The van der Waals surface area contributed by atoms with Crippen LogP contribution in [0.25, 0.3) is 0 Å². The van der Waals surface area contributed by atoms with Crippen LogP contribution in [0.4, 0.5) is 0 Å². The molecular weight excluding hydrogens is 372 g/mol. The molecule has 0 heterocycles. The molecule has 2 saturated carbocycles. The van der Waals surface area contributed by atoms with Gasteiger partial charge in [-0.25, -0.2) is 0 Å². The maximum atomic E-state index is 2.57. The molecule has 31 heavy (non-hydrogen) atoms. The zero-order valence-electron chi connectivity index (χ0n) is 21.3. The van der Waals surface area contributed by atoms with Gasteiger partial charge in [0.05, 0.1) is 0 Å². The van der Waals surface area contributed by atoms with E-state index in [0.717, 1.165) is 23.7 Å². The molecule has 1 aromatic carbocycles. The molecule has 0 heteroatoms. The van der Waals surface area contributed by atoms with Gasteiger partial charge in [-0.2, -0.15) is 0 Å². The van der Waals surface area contributed by atoms with Crippen molar-refractivity contribution < 1.29 is 0 Å². The van der Waals surface area contributed by atoms with Crippen molar-refractivity contribution in [2.75, 3.05) is 0 Å². The van der Waals surface area contributed by atoms with Gasteiger partial charge in [-0.15, -0.1) is 0 Å². The van der Waals surface area contributed by atoms with Crippen molar-refractivity contribution >= 4 is 0 Å². The zero-order chi connectivity index (χ0) is 21.9. The average Bonchev–Trinajstić information content (AvgIpc) is 2.80. The highest BCUT2D eigenvalue weighted by Gasteiger charge is 2.25. The Morgan fingerprint density at radius 1 is 0.613 bits per heavy atom. The van der Waals surface area contributed by atoms with E-state index in [4.69, 9.17) is 0 Å². The van der Waals surface area contributed by atoms with E-state index in [9.17, 15) is 0 Å². The second kappa shape index (κ2) is 13.7. The van der Waals surface area contributed by atoms with Crippen LogP contribution in [-0.2, 0) is 0 Å². The highest BCUT2D eigenvalue weighted by molar-refractivity contribution is 5.35. The fourth-order valence-corrected chi connectivity index (χ4v) is 6.76. The second-order valence-corrected chi connectivity index (χ2v) is 11.2. The van der Waals surface area contributed by atoms with Crippen molar-refractivity contribution in [3.8, 4) is 0 Å². The van der Waals surface area contributed by atoms with Gasteiger partial charge in [0.15, 0.2) is 0 Å². The van der Waals surface area contributed by atoms with Crippen LogP contribution < -0.4 is 0 Å². The zero-order valence-corrected chi connectivity index (χ0v) is 21.3. The first kappa shape index (κ1) is 24.9. The summed E-state index contributed by atoms with van der Waals surface area (Å²) in [5, 5.41) is 0. The average molecular weight is 425 g/mol. The number of aryl methyl sites for hydroxylation is 1. The molecule has 2 fully saturated rings. The molecule has 0 nitrogen and oxygen atoms in total. The molecule has 176 valence electrons. The predicted molar refractivity (Wildman–Crippen MR) is 138 cm³/mol. The van der Waals surface area contributed by atoms with Gasteiger partial charge in [-0.1, -0.05) is 96.3 Å². The summed E-state index contributed by atoms with van der Waals surface area (Å²) in [6, 6.07) is 7.62. The molecule has 0 spiro atoms. The molecule has 3 rings (SSSR count). The summed E-state index contributed by atoms with van der Waals surface area (Å²) >= 11 is 0. The normalized spacial score (nSPS) is 26.8. The Balaban J connectivity index is 1.38. The number of benzene rings is 1. The molecule has 2 aliphatic carbocycles. The van der Waals surface area contributed by atoms with Crippen LogP contribution in [-0.4, -0.2) is 0 Å². The fraction of sp³-hybridized carbons (Fsp3) is 0.806. The van der Waals surface area contributed by atoms with Crippen LogP contribution in [0.5, 0.6) is 0 Å². The highest BCUT2D eigenvalue weighted by atomic mass is 14.3. The number of hydrogen-bond donors (Lipinski definition) is 0. The van der Waals surface area contributed by atoms with Gasteiger partial charge in [0, 0.05) is 0 Å². The SMILES string of the molecule is CCCCCCCCC[C@H]1CC[C@H](c2ccc([C@H]3CC[C@H](CCC)CC3)cc2C)CC1. The lowest BCUT2D eigenvalue weighted by Crippen LogP contribution is -2.15. The third kappa shape index (κ3) is 7.94. The van der Waals surface area contributed by atoms with Gasteiger partial charge in [0.25, 0.3) is 0 Å². The molecule has 0 bridgehead atoms. The topological polar surface area (TPSA) is 0 Å². The minimum Gasteiger partial charge on any atom is -0.0654 e. The molecule has 0 amide bonds.